The van der Waals surface area contributed by atoms with Crippen LogP contribution in [-0.4, -0.2) is 19.0 Å². The SMILES string of the molecule is CC(NC(=O)C1(C)CCNCC1)c1ccc(Cl)s1. The Kier molecular flexibility index (Phi) is 4.30. The largest absolute Gasteiger partial charge is 0.348 e. The summed E-state index contributed by atoms with van der Waals surface area (Å²) in [6, 6.07) is 3.88. The molecule has 0 aromatic carbocycles. The molecule has 0 spiro atoms. The maximum atomic E-state index is 12.3. The molecule has 0 saturated carbocycles. The highest BCUT2D eigenvalue weighted by molar-refractivity contribution is 7.16. The molecule has 3 nitrogen and oxygen atoms in total. The first-order valence-electron chi connectivity index (χ1n) is 6.28. The summed E-state index contributed by atoms with van der Waals surface area (Å²) < 4.78 is 0.763. The number of nitrogens with one attached hydrogen (secondary N) is 2. The van der Waals surface area contributed by atoms with Crippen LogP contribution in [-0.2, 0) is 4.79 Å². The van der Waals surface area contributed by atoms with Crippen molar-refractivity contribution in [1.29, 1.82) is 0 Å². The van der Waals surface area contributed by atoms with E-state index in [0.29, 0.717) is 0 Å². The van der Waals surface area contributed by atoms with Crippen molar-refractivity contribution in [3.63, 3.8) is 0 Å². The fourth-order valence-electron chi connectivity index (χ4n) is 2.21. The van der Waals surface area contributed by atoms with Gasteiger partial charge in [-0.3, -0.25) is 4.79 Å². The number of carbonyl (C=O) groups excluding carboxylic acids is 1. The molecule has 18 heavy (non-hydrogen) atoms. The molecule has 1 aromatic rings. The molecular weight excluding hydrogens is 268 g/mol. The van der Waals surface area contributed by atoms with Crippen molar-refractivity contribution in [1.82, 2.24) is 10.6 Å². The molecule has 5 heteroatoms. The Morgan fingerprint density at radius 1 is 1.50 bits per heavy atom. The van der Waals surface area contributed by atoms with Crippen LogP contribution < -0.4 is 10.6 Å². The number of hydrogen-bond acceptors (Lipinski definition) is 3. The summed E-state index contributed by atoms with van der Waals surface area (Å²) in [4.78, 5) is 13.4. The molecule has 1 saturated heterocycles. The van der Waals surface area contributed by atoms with Crippen molar-refractivity contribution in [3.05, 3.63) is 21.3 Å². The molecule has 0 radical (unpaired) electrons. The van der Waals surface area contributed by atoms with Crippen molar-refractivity contribution >= 4 is 28.8 Å². The van der Waals surface area contributed by atoms with Crippen molar-refractivity contribution in [2.75, 3.05) is 13.1 Å². The van der Waals surface area contributed by atoms with Gasteiger partial charge in [-0.1, -0.05) is 18.5 Å². The molecule has 1 amide bonds. The van der Waals surface area contributed by atoms with E-state index in [1.807, 2.05) is 19.1 Å². The van der Waals surface area contributed by atoms with E-state index in [0.717, 1.165) is 35.1 Å². The van der Waals surface area contributed by atoms with Crippen LogP contribution in [0.3, 0.4) is 0 Å². The number of halogens is 1. The van der Waals surface area contributed by atoms with Gasteiger partial charge in [0, 0.05) is 10.3 Å². The van der Waals surface area contributed by atoms with Gasteiger partial charge < -0.3 is 10.6 Å². The zero-order valence-electron chi connectivity index (χ0n) is 10.8. The average Bonchev–Trinajstić information content (AvgIpc) is 2.77. The lowest BCUT2D eigenvalue weighted by Gasteiger charge is -2.33. The lowest BCUT2D eigenvalue weighted by molar-refractivity contribution is -0.132. The summed E-state index contributed by atoms with van der Waals surface area (Å²) in [6.07, 6.45) is 1.80. The summed E-state index contributed by atoms with van der Waals surface area (Å²) >= 11 is 7.44. The molecule has 1 aliphatic rings. The number of piperidine rings is 1. The fourth-order valence-corrected chi connectivity index (χ4v) is 3.27. The molecule has 1 aliphatic heterocycles. The smallest absolute Gasteiger partial charge is 0.226 e. The summed E-state index contributed by atoms with van der Waals surface area (Å²) in [5.74, 6) is 0.154. The van der Waals surface area contributed by atoms with Crippen LogP contribution in [0.2, 0.25) is 4.34 Å². The van der Waals surface area contributed by atoms with Crippen LogP contribution in [0.15, 0.2) is 12.1 Å². The van der Waals surface area contributed by atoms with Crippen LogP contribution in [0.4, 0.5) is 0 Å². The Morgan fingerprint density at radius 2 is 2.17 bits per heavy atom. The topological polar surface area (TPSA) is 41.1 Å². The number of amides is 1. The maximum absolute atomic E-state index is 12.3. The quantitative estimate of drug-likeness (QED) is 0.897. The lowest BCUT2D eigenvalue weighted by Crippen LogP contribution is -2.46. The average molecular weight is 287 g/mol. The number of rotatable bonds is 3. The predicted octanol–water partition coefficient (Wildman–Crippen LogP) is 2.97. The van der Waals surface area contributed by atoms with Gasteiger partial charge in [0.2, 0.25) is 5.91 Å². The normalized spacial score (nSPS) is 20.4. The van der Waals surface area contributed by atoms with E-state index in [4.69, 9.17) is 11.6 Å². The third-order valence-corrected chi connectivity index (χ3v) is 5.04. The van der Waals surface area contributed by atoms with Gasteiger partial charge in [0.25, 0.3) is 0 Å². The van der Waals surface area contributed by atoms with Crippen molar-refractivity contribution in [3.8, 4) is 0 Å². The Labute approximate surface area is 117 Å². The van der Waals surface area contributed by atoms with E-state index in [-0.39, 0.29) is 17.4 Å². The fraction of sp³-hybridized carbons (Fsp3) is 0.615. The standard InChI is InChI=1S/C13H19ClN2OS/c1-9(10-3-4-11(14)18-10)16-12(17)13(2)5-7-15-8-6-13/h3-4,9,15H,5-8H2,1-2H3,(H,16,17). The van der Waals surface area contributed by atoms with E-state index >= 15 is 0 Å². The van der Waals surface area contributed by atoms with Gasteiger partial charge in [0.1, 0.15) is 0 Å². The minimum Gasteiger partial charge on any atom is -0.348 e. The van der Waals surface area contributed by atoms with E-state index < -0.39 is 0 Å². The van der Waals surface area contributed by atoms with Gasteiger partial charge in [-0.25, -0.2) is 0 Å². The van der Waals surface area contributed by atoms with Crippen molar-refractivity contribution in [2.45, 2.75) is 32.7 Å². The third-order valence-electron chi connectivity index (χ3n) is 3.62. The van der Waals surface area contributed by atoms with Crippen LogP contribution >= 0.6 is 22.9 Å². The monoisotopic (exact) mass is 286 g/mol. The van der Waals surface area contributed by atoms with Gasteiger partial charge in [-0.2, -0.15) is 0 Å². The predicted molar refractivity (Wildman–Crippen MR) is 76.1 cm³/mol. The van der Waals surface area contributed by atoms with Crippen molar-refractivity contribution < 1.29 is 4.79 Å². The zero-order valence-corrected chi connectivity index (χ0v) is 12.3. The van der Waals surface area contributed by atoms with Crippen LogP contribution in [0.1, 0.15) is 37.6 Å². The summed E-state index contributed by atoms with van der Waals surface area (Å²) in [5.41, 5.74) is -0.236. The number of hydrogen-bond donors (Lipinski definition) is 2. The van der Waals surface area contributed by atoms with Gasteiger partial charge in [0.05, 0.1) is 10.4 Å². The van der Waals surface area contributed by atoms with E-state index in [9.17, 15) is 4.79 Å². The Morgan fingerprint density at radius 3 is 2.72 bits per heavy atom. The molecule has 1 unspecified atom stereocenters. The molecular formula is C13H19ClN2OS. The van der Waals surface area contributed by atoms with Crippen LogP contribution in [0.25, 0.3) is 0 Å². The highest BCUT2D eigenvalue weighted by atomic mass is 35.5. The minimum absolute atomic E-state index is 0.0294. The molecule has 100 valence electrons. The van der Waals surface area contributed by atoms with Gasteiger partial charge in [-0.15, -0.1) is 11.3 Å². The molecule has 0 aliphatic carbocycles. The molecule has 1 aromatic heterocycles. The molecule has 1 atom stereocenters. The Bertz CT molecular complexity index is 426. The van der Waals surface area contributed by atoms with Crippen LogP contribution in [0.5, 0.6) is 0 Å². The summed E-state index contributed by atoms with van der Waals surface area (Å²) in [6.45, 7) is 5.90. The highest BCUT2D eigenvalue weighted by Gasteiger charge is 2.35. The minimum atomic E-state index is -0.236. The van der Waals surface area contributed by atoms with Gasteiger partial charge in [0.15, 0.2) is 0 Å². The van der Waals surface area contributed by atoms with E-state index in [1.54, 1.807) is 0 Å². The highest BCUT2D eigenvalue weighted by Crippen LogP contribution is 2.31. The maximum Gasteiger partial charge on any atom is 0.226 e. The van der Waals surface area contributed by atoms with Gasteiger partial charge in [-0.05, 0) is 45.0 Å². The van der Waals surface area contributed by atoms with Crippen molar-refractivity contribution in [2.24, 2.45) is 5.41 Å². The Hall–Kier alpha value is -0.580. The molecule has 2 N–H and O–H groups in total. The first kappa shape index (κ1) is 13.8. The second kappa shape index (κ2) is 5.59. The molecule has 0 bridgehead atoms. The lowest BCUT2D eigenvalue weighted by atomic mass is 9.80. The zero-order chi connectivity index (χ0) is 13.2. The molecule has 1 fully saturated rings. The van der Waals surface area contributed by atoms with Crippen LogP contribution in [0, 0.1) is 5.41 Å². The Balaban J connectivity index is 1.98. The second-order valence-electron chi connectivity index (χ2n) is 5.15. The first-order valence-corrected chi connectivity index (χ1v) is 7.48. The van der Waals surface area contributed by atoms with E-state index in [2.05, 4.69) is 17.6 Å². The van der Waals surface area contributed by atoms with E-state index in [1.165, 1.54) is 11.3 Å². The first-order chi connectivity index (χ1) is 8.51. The third kappa shape index (κ3) is 3.05. The summed E-state index contributed by atoms with van der Waals surface area (Å²) in [7, 11) is 0. The second-order valence-corrected chi connectivity index (χ2v) is 6.89. The molecule has 2 heterocycles. The number of carbonyl (C=O) groups is 1. The number of thiophene rings is 1. The molecule has 2 rings (SSSR count). The summed E-state index contributed by atoms with van der Waals surface area (Å²) in [5, 5.41) is 6.39. The van der Waals surface area contributed by atoms with Gasteiger partial charge >= 0.3 is 0 Å².